The highest BCUT2D eigenvalue weighted by Crippen LogP contribution is 2.18. The highest BCUT2D eigenvalue weighted by molar-refractivity contribution is 7.15. The van der Waals surface area contributed by atoms with Gasteiger partial charge >= 0.3 is 0 Å². The number of carbonyl (C=O) groups excluding carboxylic acids is 1. The number of hydrogen-bond donors (Lipinski definition) is 2. The van der Waals surface area contributed by atoms with Crippen LogP contribution in [0.5, 0.6) is 5.75 Å². The minimum atomic E-state index is -0.327. The number of anilines is 1. The number of benzene rings is 2. The Balaban J connectivity index is 1.57. The molecule has 0 aliphatic heterocycles. The molecule has 0 fully saturated rings. The maximum absolute atomic E-state index is 13.0. The van der Waals surface area contributed by atoms with Crippen molar-refractivity contribution in [3.05, 3.63) is 70.5 Å². The third-order valence-electron chi connectivity index (χ3n) is 3.41. The van der Waals surface area contributed by atoms with Crippen molar-refractivity contribution in [1.82, 2.24) is 15.6 Å². The fourth-order valence-electron chi connectivity index (χ4n) is 2.15. The first kappa shape index (κ1) is 18.5. The molecule has 3 aromatic rings. The smallest absolute Gasteiger partial charge is 0.247 e. The Kier molecular flexibility index (Phi) is 6.06. The van der Waals surface area contributed by atoms with Crippen LogP contribution in [0.1, 0.15) is 16.1 Å². The molecule has 0 aliphatic rings. The van der Waals surface area contributed by atoms with E-state index < -0.39 is 0 Å². The number of ether oxygens (including phenoxy) is 1. The number of aromatic nitrogens is 2. The molecule has 2 aromatic carbocycles. The van der Waals surface area contributed by atoms with Crippen LogP contribution in [0.15, 0.2) is 53.6 Å². The van der Waals surface area contributed by atoms with Gasteiger partial charge in [0.2, 0.25) is 11.0 Å². The van der Waals surface area contributed by atoms with E-state index in [1.54, 1.807) is 24.3 Å². The lowest BCUT2D eigenvalue weighted by Crippen LogP contribution is -2.19. The van der Waals surface area contributed by atoms with Crippen LogP contribution >= 0.6 is 11.3 Å². The number of hydrazone groups is 1. The Morgan fingerprint density at radius 3 is 2.74 bits per heavy atom. The average Bonchev–Trinajstić information content (AvgIpc) is 3.07. The van der Waals surface area contributed by atoms with Crippen molar-refractivity contribution >= 4 is 28.6 Å². The van der Waals surface area contributed by atoms with E-state index in [-0.39, 0.29) is 24.8 Å². The van der Waals surface area contributed by atoms with Crippen LogP contribution < -0.4 is 15.9 Å². The Morgan fingerprint density at radius 2 is 2.00 bits per heavy atom. The number of nitrogens with zero attached hydrogens (tertiary/aromatic N) is 3. The molecule has 0 aliphatic carbocycles. The van der Waals surface area contributed by atoms with E-state index >= 15 is 0 Å². The predicted molar refractivity (Wildman–Crippen MR) is 101 cm³/mol. The largest absolute Gasteiger partial charge is 0.488 e. The van der Waals surface area contributed by atoms with E-state index in [1.807, 2.05) is 12.1 Å². The summed E-state index contributed by atoms with van der Waals surface area (Å²) in [5, 5.41) is 12.2. The second-order valence-electron chi connectivity index (χ2n) is 5.46. The molecular formula is C18H16FN5O2S. The molecule has 3 rings (SSSR count). The van der Waals surface area contributed by atoms with Crippen LogP contribution in [0.3, 0.4) is 0 Å². The second-order valence-corrected chi connectivity index (χ2v) is 6.55. The first-order chi connectivity index (χ1) is 13.1. The minimum absolute atomic E-state index is 0.0505. The number of amides is 1. The number of nitrogens with two attached hydrogens (primary N) is 1. The van der Waals surface area contributed by atoms with Crippen LogP contribution in [-0.4, -0.2) is 22.3 Å². The summed E-state index contributed by atoms with van der Waals surface area (Å²) < 4.78 is 18.7. The molecule has 9 heteroatoms. The fourth-order valence-corrected chi connectivity index (χ4v) is 2.76. The fraction of sp³-hybridized carbons (Fsp3) is 0.111. The number of halogens is 1. The zero-order valence-electron chi connectivity index (χ0n) is 14.1. The lowest BCUT2D eigenvalue weighted by atomic mass is 10.2. The number of rotatable bonds is 7. The van der Waals surface area contributed by atoms with Gasteiger partial charge in [-0.25, -0.2) is 9.82 Å². The van der Waals surface area contributed by atoms with Crippen molar-refractivity contribution < 1.29 is 13.9 Å². The zero-order valence-corrected chi connectivity index (χ0v) is 14.9. The van der Waals surface area contributed by atoms with Crippen molar-refractivity contribution in [3.8, 4) is 5.75 Å². The molecule has 1 aromatic heterocycles. The summed E-state index contributed by atoms with van der Waals surface area (Å²) >= 11 is 1.15. The molecule has 0 saturated heterocycles. The third-order valence-corrected chi connectivity index (χ3v) is 4.17. The molecule has 3 N–H and O–H groups in total. The second kappa shape index (κ2) is 8.86. The van der Waals surface area contributed by atoms with Gasteiger partial charge in [0, 0.05) is 5.56 Å². The molecule has 7 nitrogen and oxygen atoms in total. The van der Waals surface area contributed by atoms with Gasteiger partial charge in [-0.15, -0.1) is 10.2 Å². The monoisotopic (exact) mass is 385 g/mol. The molecule has 1 heterocycles. The van der Waals surface area contributed by atoms with Crippen molar-refractivity contribution in [2.24, 2.45) is 5.10 Å². The van der Waals surface area contributed by atoms with Gasteiger partial charge in [-0.3, -0.25) is 4.79 Å². The van der Waals surface area contributed by atoms with Crippen LogP contribution in [0.2, 0.25) is 0 Å². The first-order valence-corrected chi connectivity index (χ1v) is 8.78. The van der Waals surface area contributed by atoms with Crippen LogP contribution in [-0.2, 0) is 17.8 Å². The Bertz CT molecular complexity index is 943. The molecule has 0 atom stereocenters. The number of nitrogen functional groups attached to an aromatic ring is 1. The maximum atomic E-state index is 13.0. The van der Waals surface area contributed by atoms with E-state index in [9.17, 15) is 9.18 Å². The molecule has 27 heavy (non-hydrogen) atoms. The van der Waals surface area contributed by atoms with Crippen LogP contribution in [0.25, 0.3) is 0 Å². The predicted octanol–water partition coefficient (Wildman–Crippen LogP) is 2.53. The number of nitrogens with one attached hydrogen (secondary N) is 1. The summed E-state index contributed by atoms with van der Waals surface area (Å²) in [6.07, 6.45) is 1.54. The normalized spacial score (nSPS) is 10.9. The molecule has 0 saturated carbocycles. The van der Waals surface area contributed by atoms with E-state index in [0.29, 0.717) is 21.5 Å². The van der Waals surface area contributed by atoms with Crippen LogP contribution in [0, 0.1) is 5.82 Å². The van der Waals surface area contributed by atoms with Gasteiger partial charge in [0.05, 0.1) is 12.6 Å². The van der Waals surface area contributed by atoms with Crippen molar-refractivity contribution in [3.63, 3.8) is 0 Å². The van der Waals surface area contributed by atoms with Crippen molar-refractivity contribution in [2.75, 3.05) is 5.73 Å². The van der Waals surface area contributed by atoms with Gasteiger partial charge in [-0.2, -0.15) is 5.10 Å². The molecule has 0 spiro atoms. The van der Waals surface area contributed by atoms with E-state index in [4.69, 9.17) is 10.5 Å². The van der Waals surface area contributed by atoms with Gasteiger partial charge in [0.25, 0.3) is 0 Å². The summed E-state index contributed by atoms with van der Waals surface area (Å²) in [6, 6.07) is 13.3. The van der Waals surface area contributed by atoms with E-state index in [1.165, 1.54) is 18.3 Å². The summed E-state index contributed by atoms with van der Waals surface area (Å²) in [7, 11) is 0. The van der Waals surface area contributed by atoms with Gasteiger partial charge in [-0.05, 0) is 29.8 Å². The Morgan fingerprint density at radius 1 is 1.22 bits per heavy atom. The SMILES string of the molecule is Nc1nnc(CC(=O)N/N=C\c2ccccc2OCc2ccc(F)cc2)s1. The van der Waals surface area contributed by atoms with Crippen LogP contribution in [0.4, 0.5) is 9.52 Å². The van der Waals surface area contributed by atoms with Gasteiger partial charge in [-0.1, -0.05) is 35.6 Å². The summed E-state index contributed by atoms with van der Waals surface area (Å²) in [6.45, 7) is 0.288. The van der Waals surface area contributed by atoms with Crippen molar-refractivity contribution in [1.29, 1.82) is 0 Å². The van der Waals surface area contributed by atoms with Gasteiger partial charge in [0.1, 0.15) is 23.2 Å². The summed E-state index contributed by atoms with van der Waals surface area (Å²) in [4.78, 5) is 11.8. The Labute approximate surface area is 158 Å². The minimum Gasteiger partial charge on any atom is -0.488 e. The number of carbonyl (C=O) groups is 1. The molecular weight excluding hydrogens is 369 g/mol. The highest BCUT2D eigenvalue weighted by atomic mass is 32.1. The van der Waals surface area contributed by atoms with Gasteiger partial charge < -0.3 is 10.5 Å². The quantitative estimate of drug-likeness (QED) is 0.481. The molecule has 0 bridgehead atoms. The zero-order chi connectivity index (χ0) is 19.1. The standard InChI is InChI=1S/C18H16FN5O2S/c19-14-7-5-12(6-8-14)11-26-15-4-2-1-3-13(15)10-21-22-16(25)9-17-23-24-18(20)27-17/h1-8,10H,9,11H2,(H2,20,24)(H,22,25)/b21-10-. The number of para-hydroxylation sites is 1. The molecule has 0 radical (unpaired) electrons. The van der Waals surface area contributed by atoms with E-state index in [0.717, 1.165) is 16.9 Å². The molecule has 1 amide bonds. The lowest BCUT2D eigenvalue weighted by molar-refractivity contribution is -0.120. The first-order valence-electron chi connectivity index (χ1n) is 7.96. The lowest BCUT2D eigenvalue weighted by Gasteiger charge is -2.09. The number of hydrogen-bond acceptors (Lipinski definition) is 7. The maximum Gasteiger partial charge on any atom is 0.247 e. The average molecular weight is 385 g/mol. The van der Waals surface area contributed by atoms with Gasteiger partial charge in [0.15, 0.2) is 0 Å². The van der Waals surface area contributed by atoms with E-state index in [2.05, 4.69) is 20.7 Å². The molecule has 0 unspecified atom stereocenters. The summed E-state index contributed by atoms with van der Waals surface area (Å²) in [5.41, 5.74) is 9.44. The highest BCUT2D eigenvalue weighted by Gasteiger charge is 2.07. The topological polar surface area (TPSA) is 102 Å². The summed E-state index contributed by atoms with van der Waals surface area (Å²) in [5.74, 6) is -0.0259. The van der Waals surface area contributed by atoms with Crippen molar-refractivity contribution in [2.45, 2.75) is 13.0 Å². The third kappa shape index (κ3) is 5.58. The Hall–Kier alpha value is -3.33. The molecule has 138 valence electrons.